The number of hydrogen-bond acceptors (Lipinski definition) is 6. The molecule has 0 atom stereocenters. The summed E-state index contributed by atoms with van der Waals surface area (Å²) in [5.74, 6) is 0.264. The van der Waals surface area contributed by atoms with Crippen LogP contribution in [-0.4, -0.2) is 34.2 Å². The number of carbonyl (C=O) groups is 1. The van der Waals surface area contributed by atoms with Crippen molar-refractivity contribution >= 4 is 21.8 Å². The van der Waals surface area contributed by atoms with Gasteiger partial charge in [0.1, 0.15) is 5.54 Å². The monoisotopic (exact) mass is 352 g/mol. The third-order valence-electron chi connectivity index (χ3n) is 3.51. The molecule has 0 unspecified atom stereocenters. The minimum Gasteiger partial charge on any atom is -0.381 e. The Morgan fingerprint density at radius 1 is 1.38 bits per heavy atom. The summed E-state index contributed by atoms with van der Waals surface area (Å²) in [4.78, 5) is 20.6. The van der Waals surface area contributed by atoms with E-state index in [4.69, 9.17) is 9.26 Å². The van der Waals surface area contributed by atoms with Crippen molar-refractivity contribution in [1.29, 1.82) is 0 Å². The van der Waals surface area contributed by atoms with E-state index in [1.165, 1.54) is 6.39 Å². The molecular weight excluding hydrogens is 340 g/mol. The smallest absolute Gasteiger partial charge is 0.253 e. The summed E-state index contributed by atoms with van der Waals surface area (Å²) in [5.41, 5.74) is -0.148. The summed E-state index contributed by atoms with van der Waals surface area (Å²) in [7, 11) is 0. The Hall–Kier alpha value is -1.80. The second kappa shape index (κ2) is 5.90. The maximum atomic E-state index is 12.5. The van der Waals surface area contributed by atoms with Crippen LogP contribution >= 0.6 is 15.9 Å². The molecule has 0 aliphatic carbocycles. The molecule has 1 saturated heterocycles. The fraction of sp³-hybridized carbons (Fsp3) is 0.385. The molecule has 1 fully saturated rings. The zero-order valence-corrected chi connectivity index (χ0v) is 12.7. The van der Waals surface area contributed by atoms with Gasteiger partial charge in [0.15, 0.2) is 5.82 Å². The van der Waals surface area contributed by atoms with Gasteiger partial charge < -0.3 is 14.6 Å². The van der Waals surface area contributed by atoms with Gasteiger partial charge in [-0.3, -0.25) is 9.78 Å². The zero-order valence-electron chi connectivity index (χ0n) is 11.1. The molecule has 7 nitrogen and oxygen atoms in total. The number of nitrogens with zero attached hydrogens (tertiary/aromatic N) is 3. The first-order valence-electron chi connectivity index (χ1n) is 6.48. The number of rotatable bonds is 3. The molecule has 2 aromatic rings. The molecular formula is C13H13BrN4O3. The Balaban J connectivity index is 1.89. The fourth-order valence-corrected chi connectivity index (χ4v) is 2.78. The van der Waals surface area contributed by atoms with Crippen molar-refractivity contribution < 1.29 is 14.1 Å². The molecule has 3 rings (SSSR count). The number of ether oxygens (including phenoxy) is 1. The summed E-state index contributed by atoms with van der Waals surface area (Å²) in [5, 5.41) is 6.93. The van der Waals surface area contributed by atoms with Gasteiger partial charge in [0.2, 0.25) is 6.39 Å². The average molecular weight is 353 g/mol. The zero-order chi connectivity index (χ0) is 14.7. The molecule has 0 spiro atoms. The number of aromatic nitrogens is 3. The summed E-state index contributed by atoms with van der Waals surface area (Å²) >= 11 is 3.33. The van der Waals surface area contributed by atoms with Gasteiger partial charge in [-0.25, -0.2) is 0 Å². The largest absolute Gasteiger partial charge is 0.381 e. The van der Waals surface area contributed by atoms with Crippen LogP contribution in [0.4, 0.5) is 0 Å². The van der Waals surface area contributed by atoms with Crippen molar-refractivity contribution in [3.63, 3.8) is 0 Å². The number of carbonyl (C=O) groups excluding carboxylic acids is 1. The molecule has 8 heteroatoms. The second-order valence-corrected chi connectivity index (χ2v) is 5.61. The fourth-order valence-electron chi connectivity index (χ4n) is 2.35. The third-order valence-corrected chi connectivity index (χ3v) is 4.14. The maximum absolute atomic E-state index is 12.5. The number of amides is 1. The van der Waals surface area contributed by atoms with Gasteiger partial charge in [0, 0.05) is 42.9 Å². The molecule has 1 aliphatic heterocycles. The predicted molar refractivity (Wildman–Crippen MR) is 75.4 cm³/mol. The third kappa shape index (κ3) is 2.81. The first-order valence-corrected chi connectivity index (χ1v) is 7.27. The quantitative estimate of drug-likeness (QED) is 0.903. The lowest BCUT2D eigenvalue weighted by atomic mass is 9.88. The van der Waals surface area contributed by atoms with Crippen LogP contribution in [0.3, 0.4) is 0 Å². The Morgan fingerprint density at radius 2 is 2.19 bits per heavy atom. The van der Waals surface area contributed by atoms with E-state index in [0.717, 1.165) is 0 Å². The Labute approximate surface area is 129 Å². The number of halogens is 1. The van der Waals surface area contributed by atoms with Gasteiger partial charge in [0.25, 0.3) is 5.91 Å². The van der Waals surface area contributed by atoms with Crippen LogP contribution < -0.4 is 5.32 Å². The van der Waals surface area contributed by atoms with Crippen LogP contribution in [0.1, 0.15) is 29.0 Å². The van der Waals surface area contributed by atoms with Crippen LogP contribution in [-0.2, 0) is 10.3 Å². The van der Waals surface area contributed by atoms with E-state index < -0.39 is 5.54 Å². The average Bonchev–Trinajstić information content (AvgIpc) is 3.03. The normalized spacial score (nSPS) is 17.4. The van der Waals surface area contributed by atoms with E-state index in [-0.39, 0.29) is 5.91 Å². The van der Waals surface area contributed by atoms with Crippen molar-refractivity contribution in [2.45, 2.75) is 18.4 Å². The van der Waals surface area contributed by atoms with Gasteiger partial charge in [-0.1, -0.05) is 5.16 Å². The van der Waals surface area contributed by atoms with E-state index in [1.54, 1.807) is 18.5 Å². The lowest BCUT2D eigenvalue weighted by Gasteiger charge is -2.35. The molecule has 1 aliphatic rings. The van der Waals surface area contributed by atoms with Gasteiger partial charge in [-0.05, 0) is 22.0 Å². The first-order chi connectivity index (χ1) is 10.2. The molecule has 21 heavy (non-hydrogen) atoms. The Bertz CT molecular complexity index is 626. The highest BCUT2D eigenvalue weighted by molar-refractivity contribution is 9.10. The summed E-state index contributed by atoms with van der Waals surface area (Å²) in [6.07, 6.45) is 5.62. The van der Waals surface area contributed by atoms with Crippen molar-refractivity contribution in [2.24, 2.45) is 0 Å². The second-order valence-electron chi connectivity index (χ2n) is 4.76. The Morgan fingerprint density at radius 3 is 2.86 bits per heavy atom. The summed E-state index contributed by atoms with van der Waals surface area (Å²) in [6, 6.07) is 1.66. The van der Waals surface area contributed by atoms with Crippen molar-refractivity contribution in [3.05, 3.63) is 40.7 Å². The highest BCUT2D eigenvalue weighted by atomic mass is 79.9. The van der Waals surface area contributed by atoms with E-state index in [2.05, 4.69) is 36.4 Å². The highest BCUT2D eigenvalue weighted by Crippen LogP contribution is 2.30. The minimum atomic E-state index is -0.662. The van der Waals surface area contributed by atoms with Crippen LogP contribution in [0.25, 0.3) is 0 Å². The molecule has 110 valence electrons. The molecule has 2 aromatic heterocycles. The number of nitrogens with one attached hydrogen (secondary N) is 1. The first kappa shape index (κ1) is 14.2. The molecule has 3 heterocycles. The van der Waals surface area contributed by atoms with Crippen molar-refractivity contribution in [1.82, 2.24) is 20.4 Å². The van der Waals surface area contributed by atoms with Crippen LogP contribution in [0.15, 0.2) is 33.8 Å². The lowest BCUT2D eigenvalue weighted by Crippen LogP contribution is -2.50. The molecule has 0 aromatic carbocycles. The predicted octanol–water partition coefficient (Wildman–Crippen LogP) is 1.66. The highest BCUT2D eigenvalue weighted by Gasteiger charge is 2.40. The van der Waals surface area contributed by atoms with E-state index >= 15 is 0 Å². The molecule has 0 bridgehead atoms. The molecule has 1 amide bonds. The van der Waals surface area contributed by atoms with Crippen molar-refractivity contribution in [3.8, 4) is 0 Å². The SMILES string of the molecule is O=C(NC1(c2ncon2)CCOCC1)c1ccncc1Br. The molecule has 1 N–H and O–H groups in total. The van der Waals surface area contributed by atoms with Gasteiger partial charge in [-0.15, -0.1) is 0 Å². The number of hydrogen-bond donors (Lipinski definition) is 1. The van der Waals surface area contributed by atoms with Crippen molar-refractivity contribution in [2.75, 3.05) is 13.2 Å². The Kier molecular flexibility index (Phi) is 3.98. The number of pyridine rings is 1. The van der Waals surface area contributed by atoms with E-state index in [1.807, 2.05) is 0 Å². The summed E-state index contributed by atoms with van der Waals surface area (Å²) in [6.45, 7) is 1.07. The van der Waals surface area contributed by atoms with Gasteiger partial charge >= 0.3 is 0 Å². The minimum absolute atomic E-state index is 0.212. The van der Waals surface area contributed by atoms with Crippen LogP contribution in [0.5, 0.6) is 0 Å². The maximum Gasteiger partial charge on any atom is 0.253 e. The van der Waals surface area contributed by atoms with Gasteiger partial charge in [-0.2, -0.15) is 4.98 Å². The van der Waals surface area contributed by atoms with E-state index in [0.29, 0.717) is 41.9 Å². The van der Waals surface area contributed by atoms with Crippen LogP contribution in [0.2, 0.25) is 0 Å². The topological polar surface area (TPSA) is 90.1 Å². The van der Waals surface area contributed by atoms with Crippen LogP contribution in [0, 0.1) is 0 Å². The molecule has 0 saturated carbocycles. The lowest BCUT2D eigenvalue weighted by molar-refractivity contribution is 0.0305. The van der Waals surface area contributed by atoms with E-state index in [9.17, 15) is 4.79 Å². The standard InChI is InChI=1S/C13H13BrN4O3/c14-10-7-15-4-1-9(10)11(19)17-13(2-5-20-6-3-13)12-16-8-21-18-12/h1,4,7-8H,2-3,5-6H2,(H,17,19). The summed E-state index contributed by atoms with van der Waals surface area (Å²) < 4.78 is 10.8. The molecule has 0 radical (unpaired) electrons. The van der Waals surface area contributed by atoms with Gasteiger partial charge in [0.05, 0.1) is 5.56 Å².